The van der Waals surface area contributed by atoms with Crippen LogP contribution in [0, 0.1) is 0 Å². The lowest BCUT2D eigenvalue weighted by Crippen LogP contribution is -2.53. The van der Waals surface area contributed by atoms with Crippen LogP contribution in [0.15, 0.2) is 11.2 Å². The van der Waals surface area contributed by atoms with Gasteiger partial charge in [-0.2, -0.15) is 30.0 Å². The minimum atomic E-state index is -4.45. The number of alkyl halides is 3. The molecular weight excluding hydrogens is 363 g/mol. The maximum atomic E-state index is 13.1. The topological polar surface area (TPSA) is 45.5 Å². The number of aromatic nitrogens is 2. The van der Waals surface area contributed by atoms with Crippen LogP contribution in [0.25, 0.3) is 0 Å². The average Bonchev–Trinajstić information content (AvgIpc) is 2.97. The first-order valence-corrected chi connectivity index (χ1v) is 10.0. The maximum absolute atomic E-state index is 13.1. The normalized spacial score (nSPS) is 21.3. The fourth-order valence-electron chi connectivity index (χ4n) is 3.94. The van der Waals surface area contributed by atoms with Crippen LogP contribution in [-0.2, 0) is 19.8 Å². The highest BCUT2D eigenvalue weighted by atomic mass is 32.2. The summed E-state index contributed by atoms with van der Waals surface area (Å²) in [7, 11) is 3.19. The van der Waals surface area contributed by atoms with Gasteiger partial charge in [0.15, 0.2) is 11.7 Å². The Morgan fingerprint density at radius 2 is 2.08 bits per heavy atom. The van der Waals surface area contributed by atoms with Crippen LogP contribution < -0.4 is 5.32 Å². The van der Waals surface area contributed by atoms with E-state index in [-0.39, 0.29) is 16.9 Å². The molecule has 2 aliphatic rings. The largest absolute Gasteiger partial charge is 0.435 e. The van der Waals surface area contributed by atoms with Crippen molar-refractivity contribution in [3.8, 4) is 0 Å². The van der Waals surface area contributed by atoms with E-state index < -0.39 is 11.9 Å². The van der Waals surface area contributed by atoms with E-state index in [4.69, 9.17) is 0 Å². The second-order valence-corrected chi connectivity index (χ2v) is 8.65. The number of nitrogens with one attached hydrogen (secondary N) is 1. The number of guanidine groups is 1. The number of halogens is 3. The molecule has 1 aliphatic carbocycles. The zero-order valence-corrected chi connectivity index (χ0v) is 16.1. The molecule has 146 valence electrons. The van der Waals surface area contributed by atoms with Gasteiger partial charge in [0.1, 0.15) is 0 Å². The van der Waals surface area contributed by atoms with E-state index in [1.807, 2.05) is 0 Å². The molecule has 0 bridgehead atoms. The molecule has 1 saturated heterocycles. The van der Waals surface area contributed by atoms with Crippen molar-refractivity contribution < 1.29 is 13.2 Å². The Labute approximate surface area is 156 Å². The number of aryl methyl sites for hydroxylation is 1. The van der Waals surface area contributed by atoms with Gasteiger partial charge in [0.05, 0.1) is 0 Å². The van der Waals surface area contributed by atoms with Gasteiger partial charge in [-0.25, -0.2) is 0 Å². The molecule has 0 atom stereocenters. The Bertz CT molecular complexity index is 644. The number of rotatable bonds is 2. The third kappa shape index (κ3) is 4.29. The maximum Gasteiger partial charge on any atom is 0.435 e. The Morgan fingerprint density at radius 1 is 1.35 bits per heavy atom. The number of nitrogens with zero attached hydrogens (tertiary/aromatic N) is 4. The van der Waals surface area contributed by atoms with Crippen LogP contribution in [0.1, 0.15) is 43.4 Å². The summed E-state index contributed by atoms with van der Waals surface area (Å²) < 4.78 is 40.8. The van der Waals surface area contributed by atoms with E-state index in [1.165, 1.54) is 50.0 Å². The van der Waals surface area contributed by atoms with Crippen LogP contribution in [0.3, 0.4) is 0 Å². The molecule has 1 aromatic heterocycles. The quantitative estimate of drug-likeness (QED) is 0.623. The average molecular weight is 389 g/mol. The van der Waals surface area contributed by atoms with E-state index in [1.54, 1.807) is 7.05 Å². The molecule has 0 amide bonds. The van der Waals surface area contributed by atoms with Crippen molar-refractivity contribution in [2.24, 2.45) is 12.0 Å². The highest BCUT2D eigenvalue weighted by Crippen LogP contribution is 2.42. The molecular formula is C17H26F3N5S. The number of thioether (sulfide) groups is 1. The molecule has 2 fully saturated rings. The Morgan fingerprint density at radius 3 is 2.73 bits per heavy atom. The highest BCUT2D eigenvalue weighted by molar-refractivity contribution is 8.00. The summed E-state index contributed by atoms with van der Waals surface area (Å²) in [4.78, 5) is 6.52. The summed E-state index contributed by atoms with van der Waals surface area (Å²) in [5, 5.41) is 6.68. The minimum Gasteiger partial charge on any atom is -0.352 e. The van der Waals surface area contributed by atoms with Crippen molar-refractivity contribution >= 4 is 17.7 Å². The van der Waals surface area contributed by atoms with Crippen LogP contribution >= 0.6 is 11.8 Å². The summed E-state index contributed by atoms with van der Waals surface area (Å²) in [6.45, 7) is 1.84. The van der Waals surface area contributed by atoms with Gasteiger partial charge < -0.3 is 10.2 Å². The first kappa shape index (κ1) is 19.4. The molecule has 1 spiro atoms. The lowest BCUT2D eigenvalue weighted by Gasteiger charge is -2.45. The number of hydrogen-bond acceptors (Lipinski definition) is 3. The zero-order valence-electron chi connectivity index (χ0n) is 15.3. The van der Waals surface area contributed by atoms with Crippen LogP contribution in [0.5, 0.6) is 0 Å². The van der Waals surface area contributed by atoms with Crippen LogP contribution in [0.4, 0.5) is 13.2 Å². The van der Waals surface area contributed by atoms with Crippen molar-refractivity contribution in [2.45, 2.75) is 49.6 Å². The summed E-state index contributed by atoms with van der Waals surface area (Å²) >= 11 is 2.06. The van der Waals surface area contributed by atoms with Gasteiger partial charge in [-0.3, -0.25) is 9.67 Å². The van der Waals surface area contributed by atoms with Crippen molar-refractivity contribution in [1.82, 2.24) is 20.0 Å². The molecule has 0 aromatic carbocycles. The van der Waals surface area contributed by atoms with E-state index in [2.05, 4.69) is 32.1 Å². The van der Waals surface area contributed by atoms with Gasteiger partial charge in [-0.15, -0.1) is 0 Å². The molecule has 0 radical (unpaired) electrons. The second kappa shape index (κ2) is 7.70. The summed E-state index contributed by atoms with van der Waals surface area (Å²) in [6, 6.07) is 0. The van der Waals surface area contributed by atoms with E-state index in [0.717, 1.165) is 18.8 Å². The molecule has 0 unspecified atom stereocenters. The molecule has 3 rings (SSSR count). The Kier molecular flexibility index (Phi) is 5.74. The standard InChI is InChI=1S/C17H26F3N5S/c1-21-15(22-10-13-11-24(2)23-14(13)17(18,19)20)25-8-9-26-16(12-25)6-4-3-5-7-16/h11H,3-10,12H2,1-2H3,(H,21,22). The molecule has 1 saturated carbocycles. The monoisotopic (exact) mass is 389 g/mol. The third-order valence-electron chi connectivity index (χ3n) is 5.13. The van der Waals surface area contributed by atoms with Gasteiger partial charge in [-0.05, 0) is 12.8 Å². The van der Waals surface area contributed by atoms with Crippen molar-refractivity contribution in [3.63, 3.8) is 0 Å². The fraction of sp³-hybridized carbons (Fsp3) is 0.765. The van der Waals surface area contributed by atoms with Crippen molar-refractivity contribution in [1.29, 1.82) is 0 Å². The number of aliphatic imine (C=N–C) groups is 1. The zero-order chi connectivity index (χ0) is 18.8. The first-order chi connectivity index (χ1) is 12.3. The van der Waals surface area contributed by atoms with Crippen LogP contribution in [0.2, 0.25) is 0 Å². The van der Waals surface area contributed by atoms with Crippen LogP contribution in [-0.4, -0.2) is 51.3 Å². The van der Waals surface area contributed by atoms with Gasteiger partial charge in [0.2, 0.25) is 0 Å². The molecule has 1 aliphatic heterocycles. The van der Waals surface area contributed by atoms with Crippen molar-refractivity contribution in [3.05, 3.63) is 17.5 Å². The molecule has 1 aromatic rings. The SMILES string of the molecule is CN=C(NCc1cn(C)nc1C(F)(F)F)N1CCSC2(CCCCC2)C1. The molecule has 1 N–H and O–H groups in total. The molecule has 5 nitrogen and oxygen atoms in total. The molecule has 9 heteroatoms. The van der Waals surface area contributed by atoms with E-state index >= 15 is 0 Å². The predicted octanol–water partition coefficient (Wildman–Crippen LogP) is 3.27. The summed E-state index contributed by atoms with van der Waals surface area (Å²) in [6.07, 6.45) is 3.22. The Balaban J connectivity index is 1.67. The van der Waals surface area contributed by atoms with Gasteiger partial charge in [0, 0.05) is 56.0 Å². The van der Waals surface area contributed by atoms with Gasteiger partial charge in [-0.1, -0.05) is 19.3 Å². The predicted molar refractivity (Wildman–Crippen MR) is 98.3 cm³/mol. The highest BCUT2D eigenvalue weighted by Gasteiger charge is 2.39. The lowest BCUT2D eigenvalue weighted by atomic mass is 9.87. The Hall–Kier alpha value is -1.38. The van der Waals surface area contributed by atoms with Gasteiger partial charge in [0.25, 0.3) is 0 Å². The minimum absolute atomic E-state index is 0.0615. The van der Waals surface area contributed by atoms with Crippen molar-refractivity contribution in [2.75, 3.05) is 25.9 Å². The summed E-state index contributed by atoms with van der Waals surface area (Å²) in [5.41, 5.74) is -0.694. The third-order valence-corrected chi connectivity index (χ3v) is 6.67. The lowest BCUT2D eigenvalue weighted by molar-refractivity contribution is -0.142. The summed E-state index contributed by atoms with van der Waals surface area (Å²) in [5.74, 6) is 1.70. The molecule has 26 heavy (non-hydrogen) atoms. The molecule has 2 heterocycles. The first-order valence-electron chi connectivity index (χ1n) is 9.02. The van der Waals surface area contributed by atoms with E-state index in [9.17, 15) is 13.2 Å². The van der Waals surface area contributed by atoms with E-state index in [0.29, 0.717) is 5.96 Å². The smallest absolute Gasteiger partial charge is 0.352 e. The number of hydrogen-bond donors (Lipinski definition) is 1. The second-order valence-electron chi connectivity index (χ2n) is 7.09. The van der Waals surface area contributed by atoms with Gasteiger partial charge >= 0.3 is 6.18 Å². The fourth-order valence-corrected chi connectivity index (χ4v) is 5.51.